The van der Waals surface area contributed by atoms with Crippen LogP contribution in [0.15, 0.2) is 72.9 Å². The van der Waals surface area contributed by atoms with Crippen LogP contribution < -0.4 is 24.8 Å². The number of carbonyl (C=O) groups is 2. The fourth-order valence-corrected chi connectivity index (χ4v) is 4.13. The van der Waals surface area contributed by atoms with E-state index in [2.05, 4.69) is 15.6 Å². The van der Waals surface area contributed by atoms with E-state index in [4.69, 9.17) is 14.2 Å². The molecule has 194 valence electrons. The van der Waals surface area contributed by atoms with Gasteiger partial charge < -0.3 is 30.0 Å². The molecule has 1 fully saturated rings. The largest absolute Gasteiger partial charge is 0.493 e. The number of hydrogen-bond acceptors (Lipinski definition) is 7. The predicted octanol–water partition coefficient (Wildman–Crippen LogP) is 4.51. The van der Waals surface area contributed by atoms with Gasteiger partial charge in [-0.25, -0.2) is 4.39 Å². The average molecular weight is 518 g/mol. The molecule has 9 nitrogen and oxygen atoms in total. The lowest BCUT2D eigenvalue weighted by Gasteiger charge is -2.16. The maximum absolute atomic E-state index is 13.1. The number of ether oxygens (including phenoxy) is 3. The van der Waals surface area contributed by atoms with Crippen molar-refractivity contribution in [1.82, 2.24) is 4.98 Å². The van der Waals surface area contributed by atoms with E-state index in [0.29, 0.717) is 39.9 Å². The summed E-state index contributed by atoms with van der Waals surface area (Å²) >= 11 is 0. The summed E-state index contributed by atoms with van der Waals surface area (Å²) in [4.78, 5) is 30.1. The first-order valence-electron chi connectivity index (χ1n) is 11.7. The van der Waals surface area contributed by atoms with E-state index in [0.717, 1.165) is 5.39 Å². The number of aromatic nitrogens is 1. The van der Waals surface area contributed by atoms with E-state index in [9.17, 15) is 19.1 Å². The number of aliphatic hydroxyl groups excluding tert-OH is 1. The number of methoxy groups -OCH3 is 2. The van der Waals surface area contributed by atoms with E-state index in [1.807, 2.05) is 0 Å². The standard InChI is InChI=1S/C28H24FN3O6/c1-36-23-13-20-21(14-24(23)37-2)30-12-11-22(20)38-19-9-7-18(8-10-19)32-27(35)28(15-25(28)33)26(34)31-17-5-3-16(29)4-6-17/h3-14,25,33H,15H2,1-2H3,(H,31,34)(H,32,35). The van der Waals surface area contributed by atoms with Gasteiger partial charge in [0.25, 0.3) is 0 Å². The van der Waals surface area contributed by atoms with Crippen LogP contribution >= 0.6 is 0 Å². The topological polar surface area (TPSA) is 119 Å². The maximum atomic E-state index is 13.1. The molecule has 2 unspecified atom stereocenters. The highest BCUT2D eigenvalue weighted by atomic mass is 19.1. The number of halogens is 1. The van der Waals surface area contributed by atoms with Gasteiger partial charge in [-0.3, -0.25) is 14.6 Å². The summed E-state index contributed by atoms with van der Waals surface area (Å²) in [5.41, 5.74) is -0.221. The molecule has 2 atom stereocenters. The minimum atomic E-state index is -1.63. The third-order valence-corrected chi connectivity index (χ3v) is 6.38. The first kappa shape index (κ1) is 25.0. The van der Waals surface area contributed by atoms with Gasteiger partial charge in [0.2, 0.25) is 11.8 Å². The van der Waals surface area contributed by atoms with Crippen LogP contribution in [0.5, 0.6) is 23.0 Å². The van der Waals surface area contributed by atoms with Crippen molar-refractivity contribution in [2.45, 2.75) is 12.5 Å². The molecule has 5 rings (SSSR count). The van der Waals surface area contributed by atoms with Crippen LogP contribution in [0.3, 0.4) is 0 Å². The zero-order valence-electron chi connectivity index (χ0n) is 20.5. The fraction of sp³-hybridized carbons (Fsp3) is 0.179. The number of hydrogen-bond donors (Lipinski definition) is 3. The van der Waals surface area contributed by atoms with Crippen molar-refractivity contribution in [2.75, 3.05) is 24.9 Å². The van der Waals surface area contributed by atoms with E-state index in [-0.39, 0.29) is 6.42 Å². The van der Waals surface area contributed by atoms with Crippen LogP contribution in [-0.4, -0.2) is 42.2 Å². The van der Waals surface area contributed by atoms with Gasteiger partial charge in [0.15, 0.2) is 16.9 Å². The summed E-state index contributed by atoms with van der Waals surface area (Å²) in [5, 5.41) is 16.1. The summed E-state index contributed by atoms with van der Waals surface area (Å²) in [6.45, 7) is 0. The van der Waals surface area contributed by atoms with Crippen molar-refractivity contribution >= 4 is 34.1 Å². The highest BCUT2D eigenvalue weighted by molar-refractivity contribution is 6.17. The van der Waals surface area contributed by atoms with Crippen LogP contribution in [-0.2, 0) is 9.59 Å². The van der Waals surface area contributed by atoms with E-state index < -0.39 is 29.2 Å². The summed E-state index contributed by atoms with van der Waals surface area (Å²) in [6.07, 6.45) is 0.479. The zero-order valence-corrected chi connectivity index (χ0v) is 20.5. The Balaban J connectivity index is 1.29. The van der Waals surface area contributed by atoms with Crippen molar-refractivity contribution < 1.29 is 33.3 Å². The second-order valence-electron chi connectivity index (χ2n) is 8.77. The molecule has 3 aromatic carbocycles. The van der Waals surface area contributed by atoms with Crippen LogP contribution in [0.25, 0.3) is 10.9 Å². The number of rotatable bonds is 8. The molecule has 1 saturated carbocycles. The number of aliphatic hydroxyl groups is 1. The average Bonchev–Trinajstić information content (AvgIpc) is 3.62. The van der Waals surface area contributed by atoms with Crippen molar-refractivity contribution in [2.24, 2.45) is 5.41 Å². The van der Waals surface area contributed by atoms with Gasteiger partial charge in [-0.2, -0.15) is 0 Å². The third-order valence-electron chi connectivity index (χ3n) is 6.38. The molecule has 10 heteroatoms. The highest BCUT2D eigenvalue weighted by Crippen LogP contribution is 2.48. The lowest BCUT2D eigenvalue weighted by Crippen LogP contribution is -2.38. The van der Waals surface area contributed by atoms with E-state index in [1.165, 1.54) is 24.3 Å². The smallest absolute Gasteiger partial charge is 0.242 e. The number of nitrogens with zero attached hydrogens (tertiary/aromatic N) is 1. The Morgan fingerprint density at radius 1 is 0.895 bits per heavy atom. The van der Waals surface area contributed by atoms with Gasteiger partial charge in [0, 0.05) is 35.4 Å². The Morgan fingerprint density at radius 3 is 2.00 bits per heavy atom. The third kappa shape index (κ3) is 4.69. The van der Waals surface area contributed by atoms with E-state index in [1.54, 1.807) is 62.9 Å². The number of nitrogens with one attached hydrogen (secondary N) is 2. The molecule has 0 spiro atoms. The molecule has 1 aromatic heterocycles. The molecule has 4 aromatic rings. The normalized spacial score (nSPS) is 17.9. The number of carbonyl (C=O) groups excluding carboxylic acids is 2. The Hall–Kier alpha value is -4.70. The van der Waals surface area contributed by atoms with Crippen LogP contribution in [0.4, 0.5) is 15.8 Å². The van der Waals surface area contributed by atoms with Gasteiger partial charge in [0.1, 0.15) is 17.3 Å². The molecule has 2 amide bonds. The first-order valence-corrected chi connectivity index (χ1v) is 11.7. The van der Waals surface area contributed by atoms with Crippen LogP contribution in [0.1, 0.15) is 6.42 Å². The maximum Gasteiger partial charge on any atom is 0.242 e. The summed E-state index contributed by atoms with van der Waals surface area (Å²) in [7, 11) is 3.10. The van der Waals surface area contributed by atoms with Gasteiger partial charge in [-0.1, -0.05) is 0 Å². The van der Waals surface area contributed by atoms with Gasteiger partial charge in [-0.05, 0) is 60.7 Å². The monoisotopic (exact) mass is 517 g/mol. The predicted molar refractivity (Wildman–Crippen MR) is 138 cm³/mol. The number of amides is 2. The molecule has 0 aliphatic heterocycles. The van der Waals surface area contributed by atoms with Gasteiger partial charge >= 0.3 is 0 Å². The van der Waals surface area contributed by atoms with Crippen LogP contribution in [0.2, 0.25) is 0 Å². The lowest BCUT2D eigenvalue weighted by atomic mass is 10.0. The zero-order chi connectivity index (χ0) is 26.9. The minimum absolute atomic E-state index is 0.0174. The molecule has 1 aliphatic rings. The molecule has 38 heavy (non-hydrogen) atoms. The first-order chi connectivity index (χ1) is 18.3. The number of benzene rings is 3. The van der Waals surface area contributed by atoms with Crippen molar-refractivity contribution in [1.29, 1.82) is 0 Å². The van der Waals surface area contributed by atoms with Crippen molar-refractivity contribution in [3.8, 4) is 23.0 Å². The molecule has 0 radical (unpaired) electrons. The highest BCUT2D eigenvalue weighted by Gasteiger charge is 2.65. The molecule has 1 aliphatic carbocycles. The molecule has 0 saturated heterocycles. The fourth-order valence-electron chi connectivity index (χ4n) is 4.13. The van der Waals surface area contributed by atoms with E-state index >= 15 is 0 Å². The van der Waals surface area contributed by atoms with Gasteiger partial charge in [-0.15, -0.1) is 0 Å². The Labute approximate surface area is 217 Å². The Kier molecular flexibility index (Phi) is 6.56. The quantitative estimate of drug-likeness (QED) is 0.294. The Morgan fingerprint density at radius 2 is 1.45 bits per heavy atom. The summed E-state index contributed by atoms with van der Waals surface area (Å²) in [5.74, 6) is 0.382. The Bertz CT molecular complexity index is 1510. The second-order valence-corrected chi connectivity index (χ2v) is 8.77. The number of fused-ring (bicyclic) bond motifs is 1. The molecule has 3 N–H and O–H groups in total. The van der Waals surface area contributed by atoms with Gasteiger partial charge in [0.05, 0.1) is 25.8 Å². The molecular weight excluding hydrogens is 493 g/mol. The summed E-state index contributed by atoms with van der Waals surface area (Å²) < 4.78 is 29.9. The minimum Gasteiger partial charge on any atom is -0.493 e. The molecule has 0 bridgehead atoms. The van der Waals surface area contributed by atoms with Crippen molar-refractivity contribution in [3.05, 3.63) is 78.7 Å². The number of pyridine rings is 1. The molecule has 1 heterocycles. The summed E-state index contributed by atoms with van der Waals surface area (Å²) in [6, 6.07) is 17.0. The SMILES string of the molecule is COc1cc2nccc(Oc3ccc(NC(=O)C4(C(=O)Nc5ccc(F)cc5)CC4O)cc3)c2cc1OC. The second kappa shape index (κ2) is 9.98. The lowest BCUT2D eigenvalue weighted by molar-refractivity contribution is -0.132. The molecular formula is C28H24FN3O6. The van der Waals surface area contributed by atoms with Crippen molar-refractivity contribution in [3.63, 3.8) is 0 Å². The number of anilines is 2. The van der Waals surface area contributed by atoms with Crippen LogP contribution in [0, 0.1) is 11.2 Å².